The van der Waals surface area contributed by atoms with Crippen LogP contribution in [0, 0.1) is 5.92 Å². The number of aromatic nitrogens is 2. The van der Waals surface area contributed by atoms with Crippen LogP contribution in [0.15, 0.2) is 11.4 Å². The molecule has 0 spiro atoms. The number of hydrogen-bond acceptors (Lipinski definition) is 7. The minimum atomic E-state index is 0.110. The molecule has 0 aliphatic carbocycles. The van der Waals surface area contributed by atoms with Crippen molar-refractivity contribution in [3.05, 3.63) is 11.4 Å². The first kappa shape index (κ1) is 13.0. The van der Waals surface area contributed by atoms with Crippen LogP contribution in [0.25, 0.3) is 10.2 Å². The Balaban J connectivity index is 2.33. The Bertz CT molecular complexity index is 529. The standard InChI is InChI=1S/C11H17N5OS/c1-6(5-17)7(2)13-9-8-3-4-18-10(8)15-11(14-9)16-12/h3-4,6-7,17H,5,12H2,1-2H3,(H2,13,14,15,16). The van der Waals surface area contributed by atoms with Crippen molar-refractivity contribution in [2.24, 2.45) is 11.8 Å². The largest absolute Gasteiger partial charge is 0.396 e. The van der Waals surface area contributed by atoms with Crippen molar-refractivity contribution >= 4 is 33.3 Å². The third-order valence-corrected chi connectivity index (χ3v) is 3.77. The zero-order valence-corrected chi connectivity index (χ0v) is 11.2. The number of nitrogen functional groups attached to an aromatic ring is 1. The molecule has 0 saturated carbocycles. The highest BCUT2D eigenvalue weighted by atomic mass is 32.1. The van der Waals surface area contributed by atoms with Crippen molar-refractivity contribution in [1.82, 2.24) is 9.97 Å². The van der Waals surface area contributed by atoms with Crippen LogP contribution in [-0.4, -0.2) is 27.7 Å². The van der Waals surface area contributed by atoms with E-state index in [0.717, 1.165) is 16.0 Å². The van der Waals surface area contributed by atoms with Gasteiger partial charge >= 0.3 is 0 Å². The molecule has 2 unspecified atom stereocenters. The topological polar surface area (TPSA) is 96.1 Å². The zero-order chi connectivity index (χ0) is 13.1. The van der Waals surface area contributed by atoms with Gasteiger partial charge in [0.05, 0.1) is 5.39 Å². The van der Waals surface area contributed by atoms with Gasteiger partial charge in [-0.2, -0.15) is 4.98 Å². The number of aliphatic hydroxyl groups excluding tert-OH is 1. The van der Waals surface area contributed by atoms with Crippen LogP contribution in [0.4, 0.5) is 11.8 Å². The molecule has 0 amide bonds. The number of nitrogens with two attached hydrogens (primary N) is 1. The van der Waals surface area contributed by atoms with Crippen molar-refractivity contribution < 1.29 is 5.11 Å². The van der Waals surface area contributed by atoms with Crippen molar-refractivity contribution in [2.75, 3.05) is 17.3 Å². The molecule has 0 aromatic carbocycles. The van der Waals surface area contributed by atoms with Crippen LogP contribution in [0.5, 0.6) is 0 Å². The van der Waals surface area contributed by atoms with Crippen LogP contribution in [-0.2, 0) is 0 Å². The predicted molar refractivity (Wildman–Crippen MR) is 74.6 cm³/mol. The summed E-state index contributed by atoms with van der Waals surface area (Å²) in [5, 5.41) is 15.4. The summed E-state index contributed by atoms with van der Waals surface area (Å²) < 4.78 is 0. The van der Waals surface area contributed by atoms with Crippen molar-refractivity contribution in [1.29, 1.82) is 0 Å². The summed E-state index contributed by atoms with van der Waals surface area (Å²) in [7, 11) is 0. The summed E-state index contributed by atoms with van der Waals surface area (Å²) in [4.78, 5) is 9.46. The van der Waals surface area contributed by atoms with Gasteiger partial charge in [0.25, 0.3) is 0 Å². The monoisotopic (exact) mass is 267 g/mol. The van der Waals surface area contributed by atoms with E-state index in [-0.39, 0.29) is 18.6 Å². The van der Waals surface area contributed by atoms with Gasteiger partial charge in [0.2, 0.25) is 5.95 Å². The molecular formula is C11H17N5OS. The molecule has 2 aromatic rings. The highest BCUT2D eigenvalue weighted by molar-refractivity contribution is 7.16. The van der Waals surface area contributed by atoms with Gasteiger partial charge < -0.3 is 10.4 Å². The van der Waals surface area contributed by atoms with E-state index in [1.54, 1.807) is 0 Å². The molecule has 2 atom stereocenters. The maximum absolute atomic E-state index is 9.15. The molecule has 18 heavy (non-hydrogen) atoms. The molecule has 7 heteroatoms. The second-order valence-electron chi connectivity index (χ2n) is 4.27. The molecule has 6 nitrogen and oxygen atoms in total. The predicted octanol–water partition coefficient (Wildman–Crippen LogP) is 1.41. The Labute approximate surface area is 109 Å². The first-order chi connectivity index (χ1) is 8.65. The number of hydrazine groups is 1. The second-order valence-corrected chi connectivity index (χ2v) is 5.17. The van der Waals surface area contributed by atoms with E-state index >= 15 is 0 Å². The number of anilines is 2. The number of rotatable bonds is 5. The van der Waals surface area contributed by atoms with E-state index in [4.69, 9.17) is 10.9 Å². The smallest absolute Gasteiger partial charge is 0.240 e. The minimum absolute atomic E-state index is 0.110. The third kappa shape index (κ3) is 2.53. The molecule has 0 aliphatic heterocycles. The third-order valence-electron chi connectivity index (χ3n) is 2.96. The van der Waals surface area contributed by atoms with Crippen LogP contribution in [0.3, 0.4) is 0 Å². The molecule has 2 heterocycles. The summed E-state index contributed by atoms with van der Waals surface area (Å²) in [6.45, 7) is 4.12. The average Bonchev–Trinajstić information content (AvgIpc) is 2.85. The number of thiophene rings is 1. The molecule has 0 fully saturated rings. The quantitative estimate of drug-likeness (QED) is 0.483. The van der Waals surface area contributed by atoms with Gasteiger partial charge in [-0.05, 0) is 24.3 Å². The Morgan fingerprint density at radius 2 is 2.22 bits per heavy atom. The van der Waals surface area contributed by atoms with E-state index < -0.39 is 0 Å². The fourth-order valence-electron chi connectivity index (χ4n) is 1.55. The fraction of sp³-hybridized carbons (Fsp3) is 0.455. The van der Waals surface area contributed by atoms with Gasteiger partial charge in [-0.15, -0.1) is 11.3 Å². The Hall–Kier alpha value is -1.44. The highest BCUT2D eigenvalue weighted by Crippen LogP contribution is 2.27. The summed E-state index contributed by atoms with van der Waals surface area (Å²) >= 11 is 1.54. The average molecular weight is 267 g/mol. The number of nitrogens with zero attached hydrogens (tertiary/aromatic N) is 2. The lowest BCUT2D eigenvalue weighted by Gasteiger charge is -2.20. The van der Waals surface area contributed by atoms with Gasteiger partial charge in [-0.1, -0.05) is 6.92 Å². The van der Waals surface area contributed by atoms with Crippen LogP contribution >= 0.6 is 11.3 Å². The lowest BCUT2D eigenvalue weighted by Crippen LogP contribution is -2.27. The molecule has 0 aliphatic rings. The fourth-order valence-corrected chi connectivity index (χ4v) is 2.31. The van der Waals surface area contributed by atoms with Crippen LogP contribution in [0.1, 0.15) is 13.8 Å². The molecule has 0 bridgehead atoms. The van der Waals surface area contributed by atoms with E-state index in [2.05, 4.69) is 20.7 Å². The van der Waals surface area contributed by atoms with E-state index in [1.807, 2.05) is 25.3 Å². The van der Waals surface area contributed by atoms with Gasteiger partial charge in [-0.3, -0.25) is 5.43 Å². The molecule has 0 radical (unpaired) electrons. The van der Waals surface area contributed by atoms with Gasteiger partial charge in [0.1, 0.15) is 10.6 Å². The number of fused-ring (bicyclic) bond motifs is 1. The van der Waals surface area contributed by atoms with E-state index in [1.165, 1.54) is 11.3 Å². The second kappa shape index (κ2) is 5.47. The lowest BCUT2D eigenvalue weighted by atomic mass is 10.1. The Morgan fingerprint density at radius 3 is 2.89 bits per heavy atom. The van der Waals surface area contributed by atoms with Crippen molar-refractivity contribution in [3.63, 3.8) is 0 Å². The van der Waals surface area contributed by atoms with Gasteiger partial charge in [-0.25, -0.2) is 10.8 Å². The highest BCUT2D eigenvalue weighted by Gasteiger charge is 2.14. The van der Waals surface area contributed by atoms with Gasteiger partial charge in [0, 0.05) is 12.6 Å². The van der Waals surface area contributed by atoms with Gasteiger partial charge in [0.15, 0.2) is 0 Å². The maximum atomic E-state index is 9.15. The van der Waals surface area contributed by atoms with Crippen molar-refractivity contribution in [3.8, 4) is 0 Å². The molecule has 2 rings (SSSR count). The maximum Gasteiger partial charge on any atom is 0.240 e. The minimum Gasteiger partial charge on any atom is -0.396 e. The molecular weight excluding hydrogens is 250 g/mol. The first-order valence-electron chi connectivity index (χ1n) is 5.75. The Morgan fingerprint density at radius 1 is 1.44 bits per heavy atom. The van der Waals surface area contributed by atoms with Crippen LogP contribution < -0.4 is 16.6 Å². The lowest BCUT2D eigenvalue weighted by molar-refractivity contribution is 0.226. The Kier molecular flexibility index (Phi) is 3.95. The zero-order valence-electron chi connectivity index (χ0n) is 10.3. The molecule has 98 valence electrons. The van der Waals surface area contributed by atoms with Crippen molar-refractivity contribution in [2.45, 2.75) is 19.9 Å². The number of aliphatic hydroxyl groups is 1. The molecule has 5 N–H and O–H groups in total. The number of nitrogens with one attached hydrogen (secondary N) is 2. The normalized spacial score (nSPS) is 14.4. The number of hydrogen-bond donors (Lipinski definition) is 4. The summed E-state index contributed by atoms with van der Waals surface area (Å²) in [6, 6.07) is 2.08. The molecule has 0 saturated heterocycles. The first-order valence-corrected chi connectivity index (χ1v) is 6.63. The van der Waals surface area contributed by atoms with E-state index in [0.29, 0.717) is 5.95 Å². The molecule has 2 aromatic heterocycles. The SMILES string of the molecule is CC(CO)C(C)Nc1nc(NN)nc2sccc12. The van der Waals surface area contributed by atoms with E-state index in [9.17, 15) is 0 Å². The summed E-state index contributed by atoms with van der Waals surface area (Å²) in [5.74, 6) is 6.62. The van der Waals surface area contributed by atoms with Crippen LogP contribution in [0.2, 0.25) is 0 Å². The summed E-state index contributed by atoms with van der Waals surface area (Å²) in [5.41, 5.74) is 2.46. The summed E-state index contributed by atoms with van der Waals surface area (Å²) in [6.07, 6.45) is 0.